The summed E-state index contributed by atoms with van der Waals surface area (Å²) in [5.41, 5.74) is 0. The SMILES string of the molecule is CC(=O)[CH-]C(=O)O.[Ti]. The van der Waals surface area contributed by atoms with E-state index in [2.05, 4.69) is 0 Å². The van der Waals surface area contributed by atoms with Crippen LogP contribution in [0, 0.1) is 6.42 Å². The normalized spacial score (nSPS) is 6.62. The number of hydrogen-bond acceptors (Lipinski definition) is 2. The van der Waals surface area contributed by atoms with Crippen LogP contribution in [0.4, 0.5) is 0 Å². The van der Waals surface area contributed by atoms with Gasteiger partial charge in [0, 0.05) is 27.5 Å². The minimum absolute atomic E-state index is 0. The monoisotopic (exact) mass is 149 g/mol. The molecule has 0 aromatic rings. The van der Waals surface area contributed by atoms with Crippen LogP contribution in [0.15, 0.2) is 0 Å². The van der Waals surface area contributed by atoms with Crippen molar-refractivity contribution < 1.29 is 36.4 Å². The third-order valence-electron chi connectivity index (χ3n) is 0.327. The van der Waals surface area contributed by atoms with Crippen LogP contribution in [0.3, 0.4) is 0 Å². The molecule has 0 radical (unpaired) electrons. The standard InChI is InChI=1S/C4H5O3.Ti/c1-3(5)2-4(6)7;/h2H,1H3,(H,6,7);/q-1;. The summed E-state index contributed by atoms with van der Waals surface area (Å²) >= 11 is 0. The average molecular weight is 149 g/mol. The van der Waals surface area contributed by atoms with Crippen molar-refractivity contribution in [2.75, 3.05) is 0 Å². The maximum atomic E-state index is 9.82. The van der Waals surface area contributed by atoms with Crippen molar-refractivity contribution in [3.63, 3.8) is 0 Å². The Hall–Kier alpha value is -0.276. The van der Waals surface area contributed by atoms with Gasteiger partial charge in [0.05, 0.1) is 0 Å². The molecule has 0 aromatic heterocycles. The van der Waals surface area contributed by atoms with Gasteiger partial charge in [-0.05, 0) is 6.92 Å². The van der Waals surface area contributed by atoms with E-state index in [1.165, 1.54) is 6.92 Å². The molecule has 0 bridgehead atoms. The molecule has 0 atom stereocenters. The molecule has 0 heterocycles. The van der Waals surface area contributed by atoms with E-state index in [1.807, 2.05) is 0 Å². The first-order valence-electron chi connectivity index (χ1n) is 1.71. The third kappa shape index (κ3) is 9.21. The van der Waals surface area contributed by atoms with Gasteiger partial charge in [-0.3, -0.25) is 4.79 Å². The minimum atomic E-state index is -1.19. The van der Waals surface area contributed by atoms with Gasteiger partial charge in [-0.25, -0.2) is 6.42 Å². The molecule has 0 saturated heterocycles. The molecular formula is C4H5O3Ti-. The number of aliphatic carboxylic acids is 1. The smallest absolute Gasteiger partial charge is 0.170 e. The molecule has 0 aromatic carbocycles. The summed E-state index contributed by atoms with van der Waals surface area (Å²) < 4.78 is 0. The van der Waals surface area contributed by atoms with Gasteiger partial charge in [-0.2, -0.15) is 0 Å². The van der Waals surface area contributed by atoms with Crippen molar-refractivity contribution in [3.05, 3.63) is 6.42 Å². The average Bonchev–Trinajstić information content (AvgIpc) is 1.27. The molecule has 3 nitrogen and oxygen atoms in total. The largest absolute Gasteiger partial charge is 0.503 e. The first-order valence-corrected chi connectivity index (χ1v) is 1.71. The van der Waals surface area contributed by atoms with Crippen molar-refractivity contribution >= 4 is 11.8 Å². The molecule has 4 heteroatoms. The zero-order valence-electron chi connectivity index (χ0n) is 4.34. The van der Waals surface area contributed by atoms with Crippen LogP contribution in [0.5, 0.6) is 0 Å². The zero-order valence-corrected chi connectivity index (χ0v) is 5.90. The minimum Gasteiger partial charge on any atom is -0.503 e. The van der Waals surface area contributed by atoms with Gasteiger partial charge in [0.1, 0.15) is 0 Å². The van der Waals surface area contributed by atoms with Crippen molar-refractivity contribution in [3.8, 4) is 0 Å². The van der Waals surface area contributed by atoms with Gasteiger partial charge in [0.2, 0.25) is 0 Å². The molecule has 0 fully saturated rings. The van der Waals surface area contributed by atoms with E-state index in [0.29, 0.717) is 6.42 Å². The van der Waals surface area contributed by atoms with Crippen molar-refractivity contribution in [1.82, 2.24) is 0 Å². The van der Waals surface area contributed by atoms with Gasteiger partial charge in [0.15, 0.2) is 5.97 Å². The van der Waals surface area contributed by atoms with E-state index in [0.717, 1.165) is 0 Å². The quantitative estimate of drug-likeness (QED) is 0.337. The maximum absolute atomic E-state index is 9.82. The summed E-state index contributed by atoms with van der Waals surface area (Å²) in [5, 5.41) is 7.81. The Balaban J connectivity index is 0. The Morgan fingerprint density at radius 1 is 1.50 bits per heavy atom. The Morgan fingerprint density at radius 3 is 1.88 bits per heavy atom. The number of rotatable bonds is 2. The molecule has 0 aliphatic rings. The molecule has 0 unspecified atom stereocenters. The second-order valence-electron chi connectivity index (χ2n) is 1.09. The van der Waals surface area contributed by atoms with Crippen molar-refractivity contribution in [1.29, 1.82) is 0 Å². The van der Waals surface area contributed by atoms with Crippen LogP contribution < -0.4 is 0 Å². The number of carboxylic acids is 1. The number of carbonyl (C=O) groups excluding carboxylic acids is 1. The molecule has 0 amide bonds. The number of ketones is 1. The number of Topliss-reactive ketones (excluding diaryl/α,β-unsaturated/α-hetero) is 1. The summed E-state index contributed by atoms with van der Waals surface area (Å²) in [5.74, 6) is -1.62. The fourth-order valence-corrected chi connectivity index (χ4v) is 0.174. The second kappa shape index (κ2) is 4.87. The topological polar surface area (TPSA) is 54.4 Å². The summed E-state index contributed by atoms with van der Waals surface area (Å²) in [6, 6.07) is 0. The number of carbonyl (C=O) groups is 2. The van der Waals surface area contributed by atoms with E-state index in [1.54, 1.807) is 0 Å². The molecule has 1 N–H and O–H groups in total. The van der Waals surface area contributed by atoms with Gasteiger partial charge in [0.25, 0.3) is 0 Å². The predicted molar refractivity (Wildman–Crippen MR) is 22.6 cm³/mol. The van der Waals surface area contributed by atoms with Gasteiger partial charge >= 0.3 is 0 Å². The maximum Gasteiger partial charge on any atom is 0.170 e. The van der Waals surface area contributed by atoms with Crippen molar-refractivity contribution in [2.24, 2.45) is 0 Å². The number of hydrogen-bond donors (Lipinski definition) is 1. The fraction of sp³-hybridized carbons (Fsp3) is 0.250. The van der Waals surface area contributed by atoms with E-state index in [-0.39, 0.29) is 21.7 Å². The summed E-state index contributed by atoms with van der Waals surface area (Å²) in [4.78, 5) is 19.4. The van der Waals surface area contributed by atoms with E-state index in [9.17, 15) is 9.59 Å². The molecule has 0 spiro atoms. The van der Waals surface area contributed by atoms with Gasteiger partial charge < -0.3 is 9.90 Å². The molecule has 0 saturated carbocycles. The molecule has 0 aliphatic heterocycles. The molecule has 0 aliphatic carbocycles. The molecule has 8 heavy (non-hydrogen) atoms. The van der Waals surface area contributed by atoms with Crippen LogP contribution in [0.1, 0.15) is 6.92 Å². The fourth-order valence-electron chi connectivity index (χ4n) is 0.174. The van der Waals surface area contributed by atoms with E-state index in [4.69, 9.17) is 5.11 Å². The molecule has 0 rings (SSSR count). The summed E-state index contributed by atoms with van der Waals surface area (Å²) in [6.45, 7) is 1.19. The van der Waals surface area contributed by atoms with E-state index >= 15 is 0 Å². The van der Waals surface area contributed by atoms with Crippen LogP contribution in [0.25, 0.3) is 0 Å². The Morgan fingerprint density at radius 2 is 1.88 bits per heavy atom. The first-order chi connectivity index (χ1) is 3.13. The summed E-state index contributed by atoms with van der Waals surface area (Å²) in [6.07, 6.45) is 0.611. The molecular weight excluding hydrogens is 144 g/mol. The third-order valence-corrected chi connectivity index (χ3v) is 0.327. The Bertz CT molecular complexity index is 87.5. The second-order valence-corrected chi connectivity index (χ2v) is 1.09. The number of carboxylic acid groups (broad SMARTS) is 1. The van der Waals surface area contributed by atoms with E-state index < -0.39 is 11.8 Å². The van der Waals surface area contributed by atoms with Gasteiger partial charge in [-0.15, -0.1) is 0 Å². The Kier molecular flexibility index (Phi) is 6.49. The van der Waals surface area contributed by atoms with Crippen LogP contribution >= 0.6 is 0 Å². The zero-order chi connectivity index (χ0) is 5.86. The van der Waals surface area contributed by atoms with Crippen LogP contribution in [-0.4, -0.2) is 16.9 Å². The predicted octanol–water partition coefficient (Wildman–Crippen LogP) is -0.138. The van der Waals surface area contributed by atoms with Crippen molar-refractivity contribution in [2.45, 2.75) is 6.92 Å². The van der Waals surface area contributed by atoms with Crippen LogP contribution in [-0.2, 0) is 31.3 Å². The first kappa shape index (κ1) is 10.7. The van der Waals surface area contributed by atoms with Crippen LogP contribution in [0.2, 0.25) is 0 Å². The van der Waals surface area contributed by atoms with Gasteiger partial charge in [-0.1, -0.05) is 0 Å². The summed E-state index contributed by atoms with van der Waals surface area (Å²) in [7, 11) is 0. The Labute approximate surface area is 62.0 Å². The molecule has 44 valence electrons.